The lowest BCUT2D eigenvalue weighted by Gasteiger charge is -2.09. The van der Waals surface area contributed by atoms with E-state index in [1.54, 1.807) is 0 Å². The third kappa shape index (κ3) is 2.93. The summed E-state index contributed by atoms with van der Waals surface area (Å²) in [5.74, 6) is -2.72. The molecule has 5 heteroatoms. The fourth-order valence-corrected chi connectivity index (χ4v) is 0.932. The summed E-state index contributed by atoms with van der Waals surface area (Å²) in [4.78, 5) is 10.4. The van der Waals surface area contributed by atoms with E-state index in [1.165, 1.54) is 16.9 Å². The quantitative estimate of drug-likeness (QED) is 0.674. The molecule has 1 aromatic heterocycles. The summed E-state index contributed by atoms with van der Waals surface area (Å²) in [6.07, 6.45) is 1.70. The number of halogens is 2. The van der Waals surface area contributed by atoms with Crippen LogP contribution in [0.5, 0.6) is 0 Å². The number of rotatable bonds is 4. The standard InChI is InChI=1S/C8H10F2N2O/c1-8(9,10)3-5-12-7(6-13)2-4-11-12/h2,4,6H,3,5H2,1H3. The maximum atomic E-state index is 12.4. The molecule has 0 amide bonds. The Hall–Kier alpha value is -1.26. The monoisotopic (exact) mass is 188 g/mol. The number of hydrogen-bond acceptors (Lipinski definition) is 2. The molecular weight excluding hydrogens is 178 g/mol. The topological polar surface area (TPSA) is 34.9 Å². The second-order valence-corrected chi connectivity index (χ2v) is 2.92. The highest BCUT2D eigenvalue weighted by Crippen LogP contribution is 2.17. The van der Waals surface area contributed by atoms with Crippen LogP contribution in [0.25, 0.3) is 0 Å². The molecule has 1 aromatic rings. The van der Waals surface area contributed by atoms with Crippen molar-refractivity contribution in [1.82, 2.24) is 9.78 Å². The third-order valence-corrected chi connectivity index (χ3v) is 1.63. The van der Waals surface area contributed by atoms with Gasteiger partial charge in [-0.15, -0.1) is 0 Å². The van der Waals surface area contributed by atoms with Gasteiger partial charge in [0.25, 0.3) is 0 Å². The first-order chi connectivity index (χ1) is 6.03. The van der Waals surface area contributed by atoms with Crippen molar-refractivity contribution < 1.29 is 13.6 Å². The maximum absolute atomic E-state index is 12.4. The van der Waals surface area contributed by atoms with E-state index in [-0.39, 0.29) is 13.0 Å². The van der Waals surface area contributed by atoms with E-state index in [0.29, 0.717) is 12.0 Å². The molecule has 0 aliphatic heterocycles. The zero-order valence-electron chi connectivity index (χ0n) is 7.20. The van der Waals surface area contributed by atoms with Gasteiger partial charge in [0, 0.05) is 19.2 Å². The molecule has 0 unspecified atom stereocenters. The molecule has 0 N–H and O–H groups in total. The SMILES string of the molecule is CC(F)(F)CCn1nccc1C=O. The van der Waals surface area contributed by atoms with Crippen LogP contribution in [0.1, 0.15) is 23.8 Å². The molecule has 0 fully saturated rings. The fourth-order valence-electron chi connectivity index (χ4n) is 0.932. The van der Waals surface area contributed by atoms with Gasteiger partial charge in [0.05, 0.1) is 0 Å². The van der Waals surface area contributed by atoms with Crippen molar-refractivity contribution in [2.75, 3.05) is 0 Å². The Labute approximate surface area is 74.4 Å². The van der Waals surface area contributed by atoms with Crippen LogP contribution in [0.15, 0.2) is 12.3 Å². The van der Waals surface area contributed by atoms with E-state index in [2.05, 4.69) is 5.10 Å². The molecule has 0 aliphatic carbocycles. The molecule has 3 nitrogen and oxygen atoms in total. The minimum absolute atomic E-state index is 0.0601. The van der Waals surface area contributed by atoms with Gasteiger partial charge in [0.2, 0.25) is 5.92 Å². The lowest BCUT2D eigenvalue weighted by Crippen LogP contribution is -2.15. The van der Waals surface area contributed by atoms with Crippen molar-refractivity contribution >= 4 is 6.29 Å². The molecular formula is C8H10F2N2O. The number of aldehydes is 1. The average Bonchev–Trinajstić information content (AvgIpc) is 2.46. The van der Waals surface area contributed by atoms with Gasteiger partial charge in [-0.2, -0.15) is 5.10 Å². The zero-order chi connectivity index (χ0) is 9.90. The number of aryl methyl sites for hydroxylation is 1. The molecule has 0 saturated heterocycles. The Morgan fingerprint density at radius 3 is 2.92 bits per heavy atom. The maximum Gasteiger partial charge on any atom is 0.247 e. The molecule has 0 bridgehead atoms. The first-order valence-corrected chi connectivity index (χ1v) is 3.88. The van der Waals surface area contributed by atoms with Gasteiger partial charge < -0.3 is 0 Å². The molecule has 13 heavy (non-hydrogen) atoms. The van der Waals surface area contributed by atoms with Crippen molar-refractivity contribution in [2.45, 2.75) is 25.8 Å². The normalized spacial score (nSPS) is 11.6. The molecule has 72 valence electrons. The number of carbonyl (C=O) groups is 1. The minimum atomic E-state index is -2.72. The van der Waals surface area contributed by atoms with Gasteiger partial charge in [-0.05, 0) is 13.0 Å². The fraction of sp³-hybridized carbons (Fsp3) is 0.500. The van der Waals surface area contributed by atoms with Gasteiger partial charge >= 0.3 is 0 Å². The van der Waals surface area contributed by atoms with Crippen LogP contribution >= 0.6 is 0 Å². The average molecular weight is 188 g/mol. The van der Waals surface area contributed by atoms with Crippen LogP contribution in [0, 0.1) is 0 Å². The lowest BCUT2D eigenvalue weighted by atomic mass is 10.3. The minimum Gasteiger partial charge on any atom is -0.296 e. The Morgan fingerprint density at radius 2 is 2.38 bits per heavy atom. The largest absolute Gasteiger partial charge is 0.296 e. The molecule has 0 aliphatic rings. The third-order valence-electron chi connectivity index (χ3n) is 1.63. The zero-order valence-corrected chi connectivity index (χ0v) is 7.20. The van der Waals surface area contributed by atoms with E-state index in [9.17, 15) is 13.6 Å². The van der Waals surface area contributed by atoms with Crippen LogP contribution in [-0.2, 0) is 6.54 Å². The molecule has 1 rings (SSSR count). The number of nitrogens with zero attached hydrogens (tertiary/aromatic N) is 2. The molecule has 0 saturated carbocycles. The predicted molar refractivity (Wildman–Crippen MR) is 42.9 cm³/mol. The highest BCUT2D eigenvalue weighted by atomic mass is 19.3. The van der Waals surface area contributed by atoms with Crippen LogP contribution in [0.2, 0.25) is 0 Å². The first kappa shape index (κ1) is 9.83. The van der Waals surface area contributed by atoms with Crippen molar-refractivity contribution in [1.29, 1.82) is 0 Å². The summed E-state index contributed by atoms with van der Waals surface area (Å²) < 4.78 is 26.1. The van der Waals surface area contributed by atoms with Gasteiger partial charge in [0.1, 0.15) is 5.69 Å². The Kier molecular flexibility index (Phi) is 2.75. The van der Waals surface area contributed by atoms with Crippen molar-refractivity contribution in [3.63, 3.8) is 0 Å². The predicted octanol–water partition coefficient (Wildman–Crippen LogP) is 1.74. The van der Waals surface area contributed by atoms with E-state index in [0.717, 1.165) is 6.92 Å². The first-order valence-electron chi connectivity index (χ1n) is 3.88. The molecule has 0 aromatic carbocycles. The van der Waals surface area contributed by atoms with Crippen LogP contribution in [-0.4, -0.2) is 22.0 Å². The summed E-state index contributed by atoms with van der Waals surface area (Å²) in [7, 11) is 0. The summed E-state index contributed by atoms with van der Waals surface area (Å²) in [6.45, 7) is 0.904. The molecule has 0 radical (unpaired) electrons. The second kappa shape index (κ2) is 3.64. The highest BCUT2D eigenvalue weighted by Gasteiger charge is 2.21. The summed E-state index contributed by atoms with van der Waals surface area (Å²) in [5, 5.41) is 3.74. The van der Waals surface area contributed by atoms with Crippen LogP contribution in [0.3, 0.4) is 0 Å². The van der Waals surface area contributed by atoms with Crippen molar-refractivity contribution in [3.8, 4) is 0 Å². The summed E-state index contributed by atoms with van der Waals surface area (Å²) in [5.41, 5.74) is 0.323. The smallest absolute Gasteiger partial charge is 0.247 e. The lowest BCUT2D eigenvalue weighted by molar-refractivity contribution is 0.00762. The van der Waals surface area contributed by atoms with E-state index < -0.39 is 5.92 Å². The van der Waals surface area contributed by atoms with Crippen LogP contribution < -0.4 is 0 Å². The van der Waals surface area contributed by atoms with Gasteiger partial charge in [-0.3, -0.25) is 9.48 Å². The number of hydrogen-bond donors (Lipinski definition) is 0. The number of alkyl halides is 2. The second-order valence-electron chi connectivity index (χ2n) is 2.92. The Balaban J connectivity index is 2.59. The Bertz CT molecular complexity index is 291. The molecule has 0 spiro atoms. The number of aromatic nitrogens is 2. The van der Waals surface area contributed by atoms with E-state index in [1.807, 2.05) is 0 Å². The highest BCUT2D eigenvalue weighted by molar-refractivity contribution is 5.71. The van der Waals surface area contributed by atoms with E-state index >= 15 is 0 Å². The number of carbonyl (C=O) groups excluding carboxylic acids is 1. The van der Waals surface area contributed by atoms with Gasteiger partial charge in [-0.1, -0.05) is 0 Å². The van der Waals surface area contributed by atoms with Crippen LogP contribution in [0.4, 0.5) is 8.78 Å². The van der Waals surface area contributed by atoms with Crippen molar-refractivity contribution in [3.05, 3.63) is 18.0 Å². The molecule has 0 atom stereocenters. The van der Waals surface area contributed by atoms with Gasteiger partial charge in [0.15, 0.2) is 6.29 Å². The van der Waals surface area contributed by atoms with E-state index in [4.69, 9.17) is 0 Å². The van der Waals surface area contributed by atoms with Crippen molar-refractivity contribution in [2.24, 2.45) is 0 Å². The summed E-state index contributed by atoms with van der Waals surface area (Å²) in [6, 6.07) is 1.49. The Morgan fingerprint density at radius 1 is 1.69 bits per heavy atom. The summed E-state index contributed by atoms with van der Waals surface area (Å²) >= 11 is 0. The molecule has 1 heterocycles. The van der Waals surface area contributed by atoms with Gasteiger partial charge in [-0.25, -0.2) is 8.78 Å².